The van der Waals surface area contributed by atoms with Crippen molar-refractivity contribution in [3.8, 4) is 5.75 Å². The molecule has 22 heavy (non-hydrogen) atoms. The molecule has 2 aromatic rings. The first-order valence-corrected chi connectivity index (χ1v) is 6.76. The van der Waals surface area contributed by atoms with E-state index in [2.05, 4.69) is 0 Å². The second kappa shape index (κ2) is 6.25. The highest BCUT2D eigenvalue weighted by Gasteiger charge is 2.30. The highest BCUT2D eigenvalue weighted by Crippen LogP contribution is 2.28. The van der Waals surface area contributed by atoms with Crippen LogP contribution in [0.5, 0.6) is 5.75 Å². The Morgan fingerprint density at radius 1 is 1.09 bits per heavy atom. The lowest BCUT2D eigenvalue weighted by molar-refractivity contribution is -0.138. The molecule has 0 unspecified atom stereocenters. The molecular weight excluding hydrogens is 295 g/mol. The van der Waals surface area contributed by atoms with E-state index < -0.39 is 17.3 Å². The largest absolute Gasteiger partial charge is 0.491 e. The normalized spacial score (nSPS) is 11.5. The summed E-state index contributed by atoms with van der Waals surface area (Å²) in [7, 11) is 0. The monoisotopic (exact) mass is 311 g/mol. The lowest BCUT2D eigenvalue weighted by atomic mass is 10.1. The molecule has 0 radical (unpaired) electrons. The van der Waals surface area contributed by atoms with Crippen LogP contribution in [0.25, 0.3) is 0 Å². The Hall–Kier alpha value is -2.24. The van der Waals surface area contributed by atoms with Gasteiger partial charge in [0.15, 0.2) is 0 Å². The van der Waals surface area contributed by atoms with Gasteiger partial charge in [-0.1, -0.05) is 18.2 Å². The molecule has 0 saturated carbocycles. The van der Waals surface area contributed by atoms with Crippen molar-refractivity contribution in [2.75, 3.05) is 6.61 Å². The molecule has 1 aromatic heterocycles. The molecule has 0 saturated heterocycles. The lowest BCUT2D eigenvalue weighted by Crippen LogP contribution is -2.24. The van der Waals surface area contributed by atoms with Gasteiger partial charge >= 0.3 is 6.18 Å². The molecule has 0 aliphatic carbocycles. The number of aryl methyl sites for hydroxylation is 2. The predicted octanol–water partition coefficient (Wildman–Crippen LogP) is 3.56. The van der Waals surface area contributed by atoms with Crippen molar-refractivity contribution in [3.63, 3.8) is 0 Å². The molecule has 0 atom stereocenters. The van der Waals surface area contributed by atoms with Gasteiger partial charge in [-0.15, -0.1) is 0 Å². The number of hydrogen-bond acceptors (Lipinski definition) is 2. The SMILES string of the molecule is Cc1cccc(C)c1OCCn1cc(C(F)(F)F)ccc1=O. The topological polar surface area (TPSA) is 31.2 Å². The van der Waals surface area contributed by atoms with E-state index in [1.807, 2.05) is 32.0 Å². The van der Waals surface area contributed by atoms with Crippen molar-refractivity contribution >= 4 is 0 Å². The Labute approximate surface area is 126 Å². The minimum absolute atomic E-state index is 0.0521. The van der Waals surface area contributed by atoms with E-state index in [9.17, 15) is 18.0 Å². The molecule has 0 amide bonds. The van der Waals surface area contributed by atoms with E-state index >= 15 is 0 Å². The van der Waals surface area contributed by atoms with Gasteiger partial charge in [-0.3, -0.25) is 4.79 Å². The molecule has 0 fully saturated rings. The van der Waals surface area contributed by atoms with Crippen molar-refractivity contribution in [1.82, 2.24) is 4.57 Å². The molecule has 1 aromatic carbocycles. The van der Waals surface area contributed by atoms with Crippen molar-refractivity contribution < 1.29 is 17.9 Å². The molecule has 2 rings (SSSR count). The highest BCUT2D eigenvalue weighted by molar-refractivity contribution is 5.39. The van der Waals surface area contributed by atoms with Crippen LogP contribution in [0.3, 0.4) is 0 Å². The molecule has 0 aliphatic rings. The number of alkyl halides is 3. The first-order valence-electron chi connectivity index (χ1n) is 6.76. The van der Waals surface area contributed by atoms with Crippen LogP contribution in [0.2, 0.25) is 0 Å². The van der Waals surface area contributed by atoms with Crippen molar-refractivity contribution in [2.45, 2.75) is 26.6 Å². The van der Waals surface area contributed by atoms with Crippen molar-refractivity contribution in [1.29, 1.82) is 0 Å². The third-order valence-corrected chi connectivity index (χ3v) is 3.30. The molecule has 0 bridgehead atoms. The number of para-hydroxylation sites is 1. The molecule has 1 heterocycles. The first kappa shape index (κ1) is 16.1. The predicted molar refractivity (Wildman–Crippen MR) is 77.1 cm³/mol. The minimum Gasteiger partial charge on any atom is -0.491 e. The van der Waals surface area contributed by atoms with Gasteiger partial charge in [0.2, 0.25) is 0 Å². The maximum absolute atomic E-state index is 12.6. The van der Waals surface area contributed by atoms with Gasteiger partial charge in [-0.2, -0.15) is 13.2 Å². The van der Waals surface area contributed by atoms with Gasteiger partial charge < -0.3 is 9.30 Å². The van der Waals surface area contributed by atoms with Gasteiger partial charge in [0.05, 0.1) is 12.1 Å². The van der Waals surface area contributed by atoms with E-state index in [4.69, 9.17) is 4.74 Å². The smallest absolute Gasteiger partial charge is 0.417 e. The second-order valence-electron chi connectivity index (χ2n) is 5.02. The average Bonchev–Trinajstić information content (AvgIpc) is 2.42. The maximum Gasteiger partial charge on any atom is 0.417 e. The third kappa shape index (κ3) is 3.69. The zero-order valence-electron chi connectivity index (χ0n) is 12.3. The van der Waals surface area contributed by atoms with Gasteiger partial charge in [0.1, 0.15) is 12.4 Å². The van der Waals surface area contributed by atoms with Crippen LogP contribution in [-0.2, 0) is 12.7 Å². The zero-order valence-corrected chi connectivity index (χ0v) is 12.3. The van der Waals surface area contributed by atoms with E-state index in [0.29, 0.717) is 5.75 Å². The summed E-state index contributed by atoms with van der Waals surface area (Å²) in [6.07, 6.45) is -3.65. The second-order valence-corrected chi connectivity index (χ2v) is 5.02. The number of nitrogens with zero attached hydrogens (tertiary/aromatic N) is 1. The van der Waals surface area contributed by atoms with E-state index in [0.717, 1.165) is 34.0 Å². The quantitative estimate of drug-likeness (QED) is 0.864. The van der Waals surface area contributed by atoms with Crippen LogP contribution in [0, 0.1) is 13.8 Å². The van der Waals surface area contributed by atoms with E-state index in [-0.39, 0.29) is 13.2 Å². The molecule has 0 spiro atoms. The summed E-state index contributed by atoms with van der Waals surface area (Å²) in [4.78, 5) is 11.6. The van der Waals surface area contributed by atoms with Crippen LogP contribution in [0.15, 0.2) is 41.3 Å². The van der Waals surface area contributed by atoms with Crippen LogP contribution in [0.4, 0.5) is 13.2 Å². The van der Waals surface area contributed by atoms with Gasteiger partial charge in [0.25, 0.3) is 5.56 Å². The van der Waals surface area contributed by atoms with Gasteiger partial charge in [-0.05, 0) is 31.0 Å². The summed E-state index contributed by atoms with van der Waals surface area (Å²) >= 11 is 0. The van der Waals surface area contributed by atoms with Gasteiger partial charge in [0, 0.05) is 12.3 Å². The van der Waals surface area contributed by atoms with E-state index in [1.54, 1.807) is 0 Å². The molecule has 118 valence electrons. The minimum atomic E-state index is -4.47. The fourth-order valence-electron chi connectivity index (χ4n) is 2.15. The van der Waals surface area contributed by atoms with Crippen LogP contribution < -0.4 is 10.3 Å². The maximum atomic E-state index is 12.6. The number of hydrogen-bond donors (Lipinski definition) is 0. The number of aromatic nitrogens is 1. The Balaban J connectivity index is 2.11. The average molecular weight is 311 g/mol. The fraction of sp³-hybridized carbons (Fsp3) is 0.312. The Bertz CT molecular complexity index is 700. The molecular formula is C16H16F3NO2. The first-order chi connectivity index (χ1) is 10.3. The van der Waals surface area contributed by atoms with Gasteiger partial charge in [-0.25, -0.2) is 0 Å². The number of pyridine rings is 1. The standard InChI is InChI=1S/C16H16F3NO2/c1-11-4-3-5-12(2)15(11)22-9-8-20-10-13(16(17,18)19)6-7-14(20)21/h3-7,10H,8-9H2,1-2H3. The molecule has 0 N–H and O–H groups in total. The number of rotatable bonds is 4. The number of benzene rings is 1. The fourth-order valence-corrected chi connectivity index (χ4v) is 2.15. The summed E-state index contributed by atoms with van der Waals surface area (Å²) in [5.41, 5.74) is 0.546. The molecule has 6 heteroatoms. The Morgan fingerprint density at radius 2 is 1.73 bits per heavy atom. The summed E-state index contributed by atoms with van der Waals surface area (Å²) in [5, 5.41) is 0. The van der Waals surface area contributed by atoms with Crippen molar-refractivity contribution in [2.24, 2.45) is 0 Å². The van der Waals surface area contributed by atoms with Crippen LogP contribution in [-0.4, -0.2) is 11.2 Å². The lowest BCUT2D eigenvalue weighted by Gasteiger charge is -2.14. The van der Waals surface area contributed by atoms with Crippen LogP contribution in [0.1, 0.15) is 16.7 Å². The summed E-state index contributed by atoms with van der Waals surface area (Å²) in [6.45, 7) is 3.95. The Kier molecular flexibility index (Phi) is 4.59. The highest BCUT2D eigenvalue weighted by atomic mass is 19.4. The summed E-state index contributed by atoms with van der Waals surface area (Å²) < 4.78 is 44.6. The van der Waals surface area contributed by atoms with Crippen molar-refractivity contribution in [3.05, 3.63) is 63.6 Å². The molecule has 3 nitrogen and oxygen atoms in total. The number of halogens is 3. The molecule has 0 aliphatic heterocycles. The number of ether oxygens (including phenoxy) is 1. The third-order valence-electron chi connectivity index (χ3n) is 3.30. The summed E-state index contributed by atoms with van der Waals surface area (Å²) in [6, 6.07) is 7.37. The van der Waals surface area contributed by atoms with Crippen LogP contribution >= 0.6 is 0 Å². The van der Waals surface area contributed by atoms with E-state index in [1.165, 1.54) is 0 Å². The summed E-state index contributed by atoms with van der Waals surface area (Å²) in [5.74, 6) is 0.697. The zero-order chi connectivity index (χ0) is 16.3. The Morgan fingerprint density at radius 3 is 2.32 bits per heavy atom.